The minimum atomic E-state index is -0.161. The fourth-order valence-corrected chi connectivity index (χ4v) is 2.92. The average molecular weight is 353 g/mol. The van der Waals surface area contributed by atoms with Crippen LogP contribution in [-0.4, -0.2) is 24.4 Å². The van der Waals surface area contributed by atoms with Crippen molar-refractivity contribution in [1.29, 1.82) is 0 Å². The quantitative estimate of drug-likeness (QED) is 0.740. The van der Waals surface area contributed by atoms with Crippen molar-refractivity contribution in [3.8, 4) is 0 Å². The molecule has 0 bridgehead atoms. The molecule has 26 heavy (non-hydrogen) atoms. The van der Waals surface area contributed by atoms with E-state index in [1.54, 1.807) is 24.3 Å². The largest absolute Gasteiger partial charge is 0.376 e. The summed E-state index contributed by atoms with van der Waals surface area (Å²) >= 11 is 0. The zero-order chi connectivity index (χ0) is 19.3. The van der Waals surface area contributed by atoms with Crippen LogP contribution in [0, 0.1) is 20.8 Å². The molecule has 0 aromatic heterocycles. The highest BCUT2D eigenvalue weighted by Gasteiger charge is 2.10. The molecule has 0 saturated carbocycles. The first-order valence-corrected chi connectivity index (χ1v) is 8.78. The summed E-state index contributed by atoms with van der Waals surface area (Å²) in [5, 5.41) is 8.87. The Labute approximate surface area is 155 Å². The van der Waals surface area contributed by atoms with E-state index in [4.69, 9.17) is 0 Å². The summed E-state index contributed by atoms with van der Waals surface area (Å²) in [5.41, 5.74) is 5.54. The number of benzene rings is 2. The Morgan fingerprint density at radius 2 is 1.65 bits per heavy atom. The van der Waals surface area contributed by atoms with Gasteiger partial charge in [0.1, 0.15) is 0 Å². The van der Waals surface area contributed by atoms with E-state index in [-0.39, 0.29) is 24.4 Å². The lowest BCUT2D eigenvalue weighted by Gasteiger charge is -2.14. The molecular formula is C21H27N3O2. The molecule has 0 aliphatic rings. The number of carbonyl (C=O) groups excluding carboxylic acids is 2. The van der Waals surface area contributed by atoms with Crippen molar-refractivity contribution in [1.82, 2.24) is 5.32 Å². The average Bonchev–Trinajstić information content (AvgIpc) is 2.53. The SMILES string of the molecule is Cc1cc(C)c(NCC(=O)Nc2cccc(C(=O)NC(C)C)c2)c(C)c1. The zero-order valence-corrected chi connectivity index (χ0v) is 16.1. The van der Waals surface area contributed by atoms with Crippen LogP contribution in [0.5, 0.6) is 0 Å². The molecule has 0 fully saturated rings. The lowest BCUT2D eigenvalue weighted by molar-refractivity contribution is -0.114. The lowest BCUT2D eigenvalue weighted by Crippen LogP contribution is -2.30. The van der Waals surface area contributed by atoms with Gasteiger partial charge in [0.05, 0.1) is 6.54 Å². The molecule has 5 heteroatoms. The first-order valence-electron chi connectivity index (χ1n) is 8.78. The molecule has 5 nitrogen and oxygen atoms in total. The molecule has 2 rings (SSSR count). The number of rotatable bonds is 6. The van der Waals surface area contributed by atoms with Gasteiger partial charge in [-0.05, 0) is 63.9 Å². The molecule has 0 heterocycles. The highest BCUT2D eigenvalue weighted by atomic mass is 16.2. The van der Waals surface area contributed by atoms with Gasteiger partial charge in [0, 0.05) is 23.0 Å². The third kappa shape index (κ3) is 5.34. The molecule has 0 saturated heterocycles. The number of hydrogen-bond acceptors (Lipinski definition) is 3. The van der Waals surface area contributed by atoms with Crippen LogP contribution in [0.15, 0.2) is 36.4 Å². The van der Waals surface area contributed by atoms with E-state index in [1.165, 1.54) is 5.56 Å². The molecule has 0 spiro atoms. The fourth-order valence-electron chi connectivity index (χ4n) is 2.92. The summed E-state index contributed by atoms with van der Waals surface area (Å²) in [4.78, 5) is 24.3. The van der Waals surface area contributed by atoms with Crippen LogP contribution in [0.1, 0.15) is 40.9 Å². The third-order valence-corrected chi connectivity index (χ3v) is 3.93. The summed E-state index contributed by atoms with van der Waals surface area (Å²) in [5.74, 6) is -0.314. The number of nitrogens with one attached hydrogen (secondary N) is 3. The number of amides is 2. The van der Waals surface area contributed by atoms with Crippen LogP contribution in [0.2, 0.25) is 0 Å². The van der Waals surface area contributed by atoms with Gasteiger partial charge in [-0.3, -0.25) is 9.59 Å². The summed E-state index contributed by atoms with van der Waals surface area (Å²) in [7, 11) is 0. The van der Waals surface area contributed by atoms with Gasteiger partial charge in [-0.25, -0.2) is 0 Å². The topological polar surface area (TPSA) is 70.2 Å². The van der Waals surface area contributed by atoms with Gasteiger partial charge < -0.3 is 16.0 Å². The maximum Gasteiger partial charge on any atom is 0.251 e. The van der Waals surface area contributed by atoms with Crippen molar-refractivity contribution in [2.45, 2.75) is 40.7 Å². The minimum absolute atomic E-state index is 0.0611. The summed E-state index contributed by atoms with van der Waals surface area (Å²) in [6, 6.07) is 11.2. The van der Waals surface area contributed by atoms with Crippen molar-refractivity contribution < 1.29 is 9.59 Å². The predicted molar refractivity (Wildman–Crippen MR) is 107 cm³/mol. The van der Waals surface area contributed by atoms with Crippen molar-refractivity contribution in [3.63, 3.8) is 0 Å². The van der Waals surface area contributed by atoms with E-state index in [2.05, 4.69) is 35.0 Å². The van der Waals surface area contributed by atoms with Gasteiger partial charge in [-0.15, -0.1) is 0 Å². The summed E-state index contributed by atoms with van der Waals surface area (Å²) < 4.78 is 0. The minimum Gasteiger partial charge on any atom is -0.376 e. The molecule has 0 unspecified atom stereocenters. The molecule has 0 aliphatic carbocycles. The second-order valence-corrected chi connectivity index (χ2v) is 6.88. The molecular weight excluding hydrogens is 326 g/mol. The molecule has 2 aromatic rings. The first-order chi connectivity index (χ1) is 12.3. The van der Waals surface area contributed by atoms with E-state index in [0.717, 1.165) is 16.8 Å². The van der Waals surface area contributed by atoms with Crippen molar-refractivity contribution in [2.75, 3.05) is 17.2 Å². The molecule has 0 aliphatic heterocycles. The number of carbonyl (C=O) groups is 2. The van der Waals surface area contributed by atoms with Gasteiger partial charge in [0.15, 0.2) is 0 Å². The van der Waals surface area contributed by atoms with E-state index in [1.807, 2.05) is 27.7 Å². The standard InChI is InChI=1S/C21H27N3O2/c1-13(2)23-21(26)17-7-6-8-18(11-17)24-19(25)12-22-20-15(4)9-14(3)10-16(20)5/h6-11,13,22H,12H2,1-5H3,(H,23,26)(H,24,25). The predicted octanol–water partition coefficient (Wildman–Crippen LogP) is 3.80. The summed E-state index contributed by atoms with van der Waals surface area (Å²) in [6.07, 6.45) is 0. The second-order valence-electron chi connectivity index (χ2n) is 6.88. The van der Waals surface area contributed by atoms with Gasteiger partial charge in [0.2, 0.25) is 5.91 Å². The smallest absolute Gasteiger partial charge is 0.251 e. The van der Waals surface area contributed by atoms with Crippen LogP contribution in [-0.2, 0) is 4.79 Å². The second kappa shape index (κ2) is 8.52. The third-order valence-electron chi connectivity index (χ3n) is 3.93. The Morgan fingerprint density at radius 3 is 2.27 bits per heavy atom. The fraction of sp³-hybridized carbons (Fsp3) is 0.333. The Kier molecular flexibility index (Phi) is 6.39. The maximum absolute atomic E-state index is 12.3. The van der Waals surface area contributed by atoms with Crippen molar-refractivity contribution in [3.05, 3.63) is 58.7 Å². The van der Waals surface area contributed by atoms with Crippen LogP contribution in [0.4, 0.5) is 11.4 Å². The molecule has 2 amide bonds. The Bertz CT molecular complexity index is 790. The summed E-state index contributed by atoms with van der Waals surface area (Å²) in [6.45, 7) is 10.1. The Hall–Kier alpha value is -2.82. The van der Waals surface area contributed by atoms with Gasteiger partial charge in [-0.1, -0.05) is 23.8 Å². The maximum atomic E-state index is 12.3. The van der Waals surface area contributed by atoms with E-state index >= 15 is 0 Å². The molecule has 2 aromatic carbocycles. The van der Waals surface area contributed by atoms with E-state index in [9.17, 15) is 9.59 Å². The van der Waals surface area contributed by atoms with Crippen LogP contribution in [0.25, 0.3) is 0 Å². The normalized spacial score (nSPS) is 10.5. The first kappa shape index (κ1) is 19.5. The number of aryl methyl sites for hydroxylation is 3. The zero-order valence-electron chi connectivity index (χ0n) is 16.1. The van der Waals surface area contributed by atoms with Gasteiger partial charge in [-0.2, -0.15) is 0 Å². The highest BCUT2D eigenvalue weighted by molar-refractivity contribution is 5.98. The Balaban J connectivity index is 1.99. The molecule has 3 N–H and O–H groups in total. The van der Waals surface area contributed by atoms with E-state index in [0.29, 0.717) is 11.3 Å². The number of anilines is 2. The highest BCUT2D eigenvalue weighted by Crippen LogP contribution is 2.21. The number of hydrogen-bond donors (Lipinski definition) is 3. The van der Waals surface area contributed by atoms with Gasteiger partial charge in [0.25, 0.3) is 5.91 Å². The van der Waals surface area contributed by atoms with Gasteiger partial charge >= 0.3 is 0 Å². The van der Waals surface area contributed by atoms with Crippen LogP contribution >= 0.6 is 0 Å². The van der Waals surface area contributed by atoms with Crippen LogP contribution in [0.3, 0.4) is 0 Å². The Morgan fingerprint density at radius 1 is 1.00 bits per heavy atom. The van der Waals surface area contributed by atoms with E-state index < -0.39 is 0 Å². The monoisotopic (exact) mass is 353 g/mol. The van der Waals surface area contributed by atoms with Crippen molar-refractivity contribution in [2.24, 2.45) is 0 Å². The molecule has 0 atom stereocenters. The molecule has 0 radical (unpaired) electrons. The van der Waals surface area contributed by atoms with Crippen molar-refractivity contribution >= 4 is 23.2 Å². The van der Waals surface area contributed by atoms with Crippen LogP contribution < -0.4 is 16.0 Å². The molecule has 138 valence electrons. The lowest BCUT2D eigenvalue weighted by atomic mass is 10.1.